The summed E-state index contributed by atoms with van der Waals surface area (Å²) in [6, 6.07) is 12.6. The van der Waals surface area contributed by atoms with E-state index in [0.29, 0.717) is 42.1 Å². The maximum absolute atomic E-state index is 8.58. The van der Waals surface area contributed by atoms with Crippen LogP contribution in [0.4, 0.5) is 0 Å². The zero-order chi connectivity index (χ0) is 16.5. The largest absolute Gasteiger partial charge is 0.490 e. The first-order valence-electron chi connectivity index (χ1n) is 7.19. The lowest BCUT2D eigenvalue weighted by atomic mass is 10.2. The van der Waals surface area contributed by atoms with E-state index in [0.717, 1.165) is 5.56 Å². The predicted molar refractivity (Wildman–Crippen MR) is 89.4 cm³/mol. The highest BCUT2D eigenvalue weighted by Gasteiger charge is 2.06. The second-order valence-electron chi connectivity index (χ2n) is 4.51. The molecule has 2 aromatic rings. The zero-order valence-corrected chi connectivity index (χ0v) is 13.5. The Labute approximate surface area is 140 Å². The van der Waals surface area contributed by atoms with Crippen LogP contribution >= 0.6 is 11.6 Å². The van der Waals surface area contributed by atoms with E-state index in [1.54, 1.807) is 30.3 Å². The fourth-order valence-electron chi connectivity index (χ4n) is 1.92. The van der Waals surface area contributed by atoms with E-state index >= 15 is 0 Å². The van der Waals surface area contributed by atoms with Gasteiger partial charge >= 0.3 is 0 Å². The van der Waals surface area contributed by atoms with Crippen molar-refractivity contribution in [3.63, 3.8) is 0 Å². The first-order valence-corrected chi connectivity index (χ1v) is 7.56. The van der Waals surface area contributed by atoms with Crippen LogP contribution in [0, 0.1) is 0 Å². The molecule has 0 aromatic heterocycles. The molecule has 0 atom stereocenters. The molecule has 122 valence electrons. The van der Waals surface area contributed by atoms with Crippen LogP contribution in [0.2, 0.25) is 5.02 Å². The molecule has 0 aliphatic rings. The van der Waals surface area contributed by atoms with Crippen molar-refractivity contribution in [2.45, 2.75) is 6.92 Å². The van der Waals surface area contributed by atoms with Gasteiger partial charge in [-0.1, -0.05) is 28.9 Å². The van der Waals surface area contributed by atoms with E-state index in [1.165, 1.54) is 6.21 Å². The summed E-state index contributed by atoms with van der Waals surface area (Å²) < 4.78 is 16.8. The Morgan fingerprint density at radius 1 is 1.00 bits per heavy atom. The minimum Gasteiger partial charge on any atom is -0.490 e. The molecule has 6 heteroatoms. The average Bonchev–Trinajstić information content (AvgIpc) is 2.55. The quantitative estimate of drug-likeness (QED) is 0.343. The van der Waals surface area contributed by atoms with E-state index in [1.807, 2.05) is 19.1 Å². The fourth-order valence-corrected chi connectivity index (χ4v) is 2.11. The molecule has 2 aromatic carbocycles. The van der Waals surface area contributed by atoms with Crippen molar-refractivity contribution < 1.29 is 19.4 Å². The summed E-state index contributed by atoms with van der Waals surface area (Å²) >= 11 is 6.02. The zero-order valence-electron chi connectivity index (χ0n) is 12.7. The minimum absolute atomic E-state index is 0.346. The van der Waals surface area contributed by atoms with Gasteiger partial charge in [0.2, 0.25) is 0 Å². The molecule has 0 heterocycles. The Morgan fingerprint density at radius 2 is 1.74 bits per heavy atom. The van der Waals surface area contributed by atoms with Gasteiger partial charge in [0.05, 0.1) is 17.8 Å². The molecule has 0 unspecified atom stereocenters. The van der Waals surface area contributed by atoms with Crippen LogP contribution in [-0.4, -0.2) is 31.2 Å². The lowest BCUT2D eigenvalue weighted by molar-refractivity contribution is 0.208. The Bertz CT molecular complexity index is 661. The number of hydrogen-bond acceptors (Lipinski definition) is 5. The smallest absolute Gasteiger partial charge is 0.161 e. The lowest BCUT2D eigenvalue weighted by Crippen LogP contribution is -2.10. The molecule has 0 aliphatic heterocycles. The molecule has 0 saturated carbocycles. The topological polar surface area (TPSA) is 60.3 Å². The van der Waals surface area contributed by atoms with Gasteiger partial charge in [0.15, 0.2) is 11.5 Å². The number of halogens is 1. The number of ether oxygens (including phenoxy) is 3. The van der Waals surface area contributed by atoms with Gasteiger partial charge in [0.25, 0.3) is 0 Å². The Hall–Kier alpha value is -2.40. The SMILES string of the molecule is CCOc1cc(C=NO)ccc1OCCOc1ccccc1Cl. The fraction of sp³-hybridized carbons (Fsp3) is 0.235. The van der Waals surface area contributed by atoms with Crippen LogP contribution in [0.3, 0.4) is 0 Å². The van der Waals surface area contributed by atoms with Crippen LogP contribution in [0.25, 0.3) is 0 Å². The summed E-state index contributed by atoms with van der Waals surface area (Å²) in [4.78, 5) is 0. The normalized spacial score (nSPS) is 10.7. The highest BCUT2D eigenvalue weighted by atomic mass is 35.5. The molecule has 0 radical (unpaired) electrons. The van der Waals surface area contributed by atoms with Crippen molar-refractivity contribution >= 4 is 17.8 Å². The Balaban J connectivity index is 1.93. The average molecular weight is 336 g/mol. The van der Waals surface area contributed by atoms with Crippen molar-refractivity contribution in [2.75, 3.05) is 19.8 Å². The molecule has 0 fully saturated rings. The van der Waals surface area contributed by atoms with Crippen molar-refractivity contribution in [3.05, 3.63) is 53.1 Å². The van der Waals surface area contributed by atoms with Gasteiger partial charge in [0.1, 0.15) is 19.0 Å². The monoisotopic (exact) mass is 335 g/mol. The molecule has 5 nitrogen and oxygen atoms in total. The van der Waals surface area contributed by atoms with Crippen LogP contribution < -0.4 is 14.2 Å². The molecule has 0 saturated heterocycles. The van der Waals surface area contributed by atoms with Crippen LogP contribution in [0.5, 0.6) is 17.2 Å². The van der Waals surface area contributed by atoms with Gasteiger partial charge in [-0.2, -0.15) is 0 Å². The molecular weight excluding hydrogens is 318 g/mol. The second-order valence-corrected chi connectivity index (χ2v) is 4.92. The summed E-state index contributed by atoms with van der Waals surface area (Å²) in [5.74, 6) is 1.81. The van der Waals surface area contributed by atoms with Crippen molar-refractivity contribution in [3.8, 4) is 17.2 Å². The highest BCUT2D eigenvalue weighted by Crippen LogP contribution is 2.28. The molecular formula is C17H18ClNO4. The van der Waals surface area contributed by atoms with E-state index in [9.17, 15) is 0 Å². The van der Waals surface area contributed by atoms with E-state index in [-0.39, 0.29) is 0 Å². The summed E-state index contributed by atoms with van der Waals surface area (Å²) in [6.45, 7) is 3.09. The van der Waals surface area contributed by atoms with Crippen LogP contribution in [-0.2, 0) is 0 Å². The van der Waals surface area contributed by atoms with Crippen LogP contribution in [0.15, 0.2) is 47.6 Å². The lowest BCUT2D eigenvalue weighted by Gasteiger charge is -2.13. The molecule has 0 bridgehead atoms. The number of oxime groups is 1. The third-order valence-electron chi connectivity index (χ3n) is 2.91. The molecule has 23 heavy (non-hydrogen) atoms. The summed E-state index contributed by atoms with van der Waals surface area (Å²) in [6.07, 6.45) is 1.33. The highest BCUT2D eigenvalue weighted by molar-refractivity contribution is 6.32. The second kappa shape index (κ2) is 8.90. The first-order chi connectivity index (χ1) is 11.2. The number of benzene rings is 2. The molecule has 0 amide bonds. The van der Waals surface area contributed by atoms with Gasteiger partial charge in [0, 0.05) is 5.56 Å². The Morgan fingerprint density at radius 3 is 2.43 bits per heavy atom. The van der Waals surface area contributed by atoms with Crippen molar-refractivity contribution in [1.29, 1.82) is 0 Å². The summed E-state index contributed by atoms with van der Waals surface area (Å²) in [5, 5.41) is 12.1. The maximum Gasteiger partial charge on any atom is 0.161 e. The van der Waals surface area contributed by atoms with Gasteiger partial charge in [-0.05, 0) is 37.3 Å². The maximum atomic E-state index is 8.58. The number of rotatable bonds is 8. The van der Waals surface area contributed by atoms with Crippen molar-refractivity contribution in [1.82, 2.24) is 0 Å². The predicted octanol–water partition coefficient (Wildman–Crippen LogP) is 4.00. The van der Waals surface area contributed by atoms with Crippen molar-refractivity contribution in [2.24, 2.45) is 5.16 Å². The van der Waals surface area contributed by atoms with Gasteiger partial charge < -0.3 is 19.4 Å². The third kappa shape index (κ3) is 5.07. The van der Waals surface area contributed by atoms with Gasteiger partial charge in [-0.15, -0.1) is 0 Å². The number of hydrogen-bond donors (Lipinski definition) is 1. The third-order valence-corrected chi connectivity index (χ3v) is 3.22. The van der Waals surface area contributed by atoms with Gasteiger partial charge in [-0.25, -0.2) is 0 Å². The molecule has 0 aliphatic carbocycles. The van der Waals surface area contributed by atoms with E-state index < -0.39 is 0 Å². The summed E-state index contributed by atoms with van der Waals surface area (Å²) in [5.41, 5.74) is 0.718. The standard InChI is InChI=1S/C17H18ClNO4/c1-2-21-17-11-13(12-19-20)7-8-16(17)23-10-9-22-15-6-4-3-5-14(15)18/h3-8,11-12,20H,2,9-10H2,1H3. The van der Waals surface area contributed by atoms with E-state index in [2.05, 4.69) is 5.16 Å². The molecule has 2 rings (SSSR count). The minimum atomic E-state index is 0.346. The summed E-state index contributed by atoms with van der Waals surface area (Å²) in [7, 11) is 0. The first kappa shape index (κ1) is 17.0. The molecule has 1 N–H and O–H groups in total. The van der Waals surface area contributed by atoms with E-state index in [4.69, 9.17) is 31.0 Å². The van der Waals surface area contributed by atoms with Crippen LogP contribution in [0.1, 0.15) is 12.5 Å². The Kier molecular flexibility index (Phi) is 6.56. The number of para-hydroxylation sites is 1. The van der Waals surface area contributed by atoms with Gasteiger partial charge in [-0.3, -0.25) is 0 Å². The molecule has 0 spiro atoms. The number of nitrogens with zero attached hydrogens (tertiary/aromatic N) is 1.